The molecule has 2 heterocycles. The highest BCUT2D eigenvalue weighted by molar-refractivity contribution is 14.0. The highest BCUT2D eigenvalue weighted by Crippen LogP contribution is 2.32. The molecule has 3 rings (SSSR count). The van der Waals surface area contributed by atoms with Crippen molar-refractivity contribution in [2.24, 2.45) is 4.99 Å². The van der Waals surface area contributed by atoms with Gasteiger partial charge in [0.2, 0.25) is 5.88 Å². The Morgan fingerprint density at radius 3 is 2.64 bits per heavy atom. The smallest absolute Gasteiger partial charge is 0.224 e. The maximum atomic E-state index is 6.13. The number of ether oxygens (including phenoxy) is 3. The van der Waals surface area contributed by atoms with E-state index in [0.29, 0.717) is 30.5 Å². The zero-order chi connectivity index (χ0) is 22.4. The first-order chi connectivity index (χ1) is 15.8. The first-order valence-corrected chi connectivity index (χ1v) is 11.5. The van der Waals surface area contributed by atoms with Crippen molar-refractivity contribution < 1.29 is 14.2 Å². The predicted octanol–water partition coefficient (Wildman–Crippen LogP) is 3.67. The van der Waals surface area contributed by atoms with Crippen LogP contribution in [0.25, 0.3) is 0 Å². The molecular formula is C24H36IN5O3. The maximum absolute atomic E-state index is 6.13. The van der Waals surface area contributed by atoms with E-state index in [2.05, 4.69) is 34.4 Å². The van der Waals surface area contributed by atoms with E-state index in [1.165, 1.54) is 0 Å². The molecule has 1 saturated heterocycles. The lowest BCUT2D eigenvalue weighted by atomic mass is 10.2. The summed E-state index contributed by atoms with van der Waals surface area (Å²) in [6, 6.07) is 11.6. The molecule has 0 amide bonds. The van der Waals surface area contributed by atoms with Gasteiger partial charge in [-0.05, 0) is 31.5 Å². The van der Waals surface area contributed by atoms with Crippen LogP contribution in [0.15, 0.2) is 47.6 Å². The van der Waals surface area contributed by atoms with Crippen LogP contribution in [0.2, 0.25) is 0 Å². The number of para-hydroxylation sites is 2. The average molecular weight is 569 g/mol. The van der Waals surface area contributed by atoms with E-state index in [9.17, 15) is 0 Å². The van der Waals surface area contributed by atoms with Crippen molar-refractivity contribution in [3.8, 4) is 17.4 Å². The predicted molar refractivity (Wildman–Crippen MR) is 142 cm³/mol. The van der Waals surface area contributed by atoms with Gasteiger partial charge in [-0.1, -0.05) is 25.1 Å². The number of nitrogens with zero attached hydrogens (tertiary/aromatic N) is 3. The SMILES string of the molecule is CCCOc1ccccc1Oc1ncccc1CN=C(NCC)NCCN1CCOCC1.I. The molecule has 2 N–H and O–H groups in total. The van der Waals surface area contributed by atoms with Gasteiger partial charge in [0.05, 0.1) is 26.4 Å². The Bertz CT molecular complexity index is 846. The van der Waals surface area contributed by atoms with Gasteiger partial charge in [0.25, 0.3) is 0 Å². The van der Waals surface area contributed by atoms with Gasteiger partial charge >= 0.3 is 0 Å². The van der Waals surface area contributed by atoms with Gasteiger partial charge in [0.15, 0.2) is 17.5 Å². The van der Waals surface area contributed by atoms with Gasteiger partial charge in [0.1, 0.15) is 0 Å². The molecule has 0 unspecified atom stereocenters. The van der Waals surface area contributed by atoms with Gasteiger partial charge in [-0.3, -0.25) is 4.90 Å². The lowest BCUT2D eigenvalue weighted by Gasteiger charge is -2.26. The Morgan fingerprint density at radius 1 is 1.09 bits per heavy atom. The molecule has 0 bridgehead atoms. The largest absolute Gasteiger partial charge is 0.490 e. The summed E-state index contributed by atoms with van der Waals surface area (Å²) in [5, 5.41) is 6.72. The highest BCUT2D eigenvalue weighted by Gasteiger charge is 2.12. The molecule has 9 heteroatoms. The van der Waals surface area contributed by atoms with Gasteiger partial charge in [0, 0.05) is 44.5 Å². The molecule has 0 saturated carbocycles. The molecule has 33 heavy (non-hydrogen) atoms. The zero-order valence-corrected chi connectivity index (χ0v) is 21.9. The summed E-state index contributed by atoms with van der Waals surface area (Å²) in [6.45, 7) is 11.4. The summed E-state index contributed by atoms with van der Waals surface area (Å²) in [4.78, 5) is 11.6. The summed E-state index contributed by atoms with van der Waals surface area (Å²) >= 11 is 0. The molecular weight excluding hydrogens is 533 g/mol. The van der Waals surface area contributed by atoms with Crippen molar-refractivity contribution in [1.82, 2.24) is 20.5 Å². The number of aromatic nitrogens is 1. The number of pyridine rings is 1. The number of morpholine rings is 1. The Balaban J connectivity index is 0.00000385. The number of benzene rings is 1. The Kier molecular flexibility index (Phi) is 12.9. The van der Waals surface area contributed by atoms with E-state index in [1.807, 2.05) is 36.4 Å². The second-order valence-electron chi connectivity index (χ2n) is 7.44. The number of nitrogens with one attached hydrogen (secondary N) is 2. The normalized spacial score (nSPS) is 14.3. The van der Waals surface area contributed by atoms with Gasteiger partial charge < -0.3 is 24.8 Å². The van der Waals surface area contributed by atoms with Crippen molar-refractivity contribution in [3.63, 3.8) is 0 Å². The van der Waals surface area contributed by atoms with Crippen LogP contribution in [-0.2, 0) is 11.3 Å². The minimum atomic E-state index is 0. The maximum Gasteiger partial charge on any atom is 0.224 e. The van der Waals surface area contributed by atoms with Crippen molar-refractivity contribution in [1.29, 1.82) is 0 Å². The van der Waals surface area contributed by atoms with Crippen molar-refractivity contribution >= 4 is 29.9 Å². The molecule has 0 aliphatic carbocycles. The van der Waals surface area contributed by atoms with Crippen LogP contribution in [0.5, 0.6) is 17.4 Å². The molecule has 1 fully saturated rings. The summed E-state index contributed by atoms with van der Waals surface area (Å²) < 4.78 is 17.3. The average Bonchev–Trinajstić information content (AvgIpc) is 2.83. The lowest BCUT2D eigenvalue weighted by molar-refractivity contribution is 0.0389. The minimum Gasteiger partial charge on any atom is -0.490 e. The van der Waals surface area contributed by atoms with Crippen LogP contribution in [0.4, 0.5) is 0 Å². The molecule has 182 valence electrons. The lowest BCUT2D eigenvalue weighted by Crippen LogP contribution is -2.44. The third-order valence-corrected chi connectivity index (χ3v) is 4.94. The molecule has 1 aliphatic rings. The van der Waals surface area contributed by atoms with Gasteiger partial charge in [-0.2, -0.15) is 0 Å². The number of rotatable bonds is 11. The number of hydrogen-bond acceptors (Lipinski definition) is 6. The molecule has 0 radical (unpaired) electrons. The van der Waals surface area contributed by atoms with E-state index >= 15 is 0 Å². The fraction of sp³-hybridized carbons (Fsp3) is 0.500. The van der Waals surface area contributed by atoms with Crippen LogP contribution in [-0.4, -0.2) is 68.4 Å². The van der Waals surface area contributed by atoms with Crippen LogP contribution in [0.1, 0.15) is 25.8 Å². The Labute approximate surface area is 214 Å². The number of hydrogen-bond donors (Lipinski definition) is 2. The summed E-state index contributed by atoms with van der Waals surface area (Å²) in [5.41, 5.74) is 0.906. The number of guanidine groups is 1. The monoisotopic (exact) mass is 569 g/mol. The Morgan fingerprint density at radius 2 is 1.88 bits per heavy atom. The minimum absolute atomic E-state index is 0. The standard InChI is InChI=1S/C24H35N5O3.HI/c1-3-16-31-21-9-5-6-10-22(21)32-23-20(8-7-11-26-23)19-28-24(25-4-2)27-12-13-29-14-17-30-18-15-29;/h5-11H,3-4,12-19H2,1-2H3,(H2,25,27,28);1H. The first kappa shape index (κ1) is 27.1. The van der Waals surface area contributed by atoms with Crippen molar-refractivity contribution in [3.05, 3.63) is 48.2 Å². The number of halogens is 1. The van der Waals surface area contributed by atoms with Crippen LogP contribution in [0.3, 0.4) is 0 Å². The molecule has 2 aromatic rings. The van der Waals surface area contributed by atoms with Crippen LogP contribution >= 0.6 is 24.0 Å². The quantitative estimate of drug-likeness (QED) is 0.243. The summed E-state index contributed by atoms with van der Waals surface area (Å²) in [5.74, 6) is 2.68. The fourth-order valence-corrected chi connectivity index (χ4v) is 3.27. The summed E-state index contributed by atoms with van der Waals surface area (Å²) in [6.07, 6.45) is 2.66. The van der Waals surface area contributed by atoms with Crippen molar-refractivity contribution in [2.75, 3.05) is 52.5 Å². The summed E-state index contributed by atoms with van der Waals surface area (Å²) in [7, 11) is 0. The molecule has 1 aromatic carbocycles. The first-order valence-electron chi connectivity index (χ1n) is 11.5. The second-order valence-corrected chi connectivity index (χ2v) is 7.44. The fourth-order valence-electron chi connectivity index (χ4n) is 3.27. The van der Waals surface area contributed by atoms with E-state index in [4.69, 9.17) is 19.2 Å². The highest BCUT2D eigenvalue weighted by atomic mass is 127. The molecule has 0 atom stereocenters. The third kappa shape index (κ3) is 9.34. The van der Waals surface area contributed by atoms with Gasteiger partial charge in [-0.15, -0.1) is 24.0 Å². The molecule has 1 aromatic heterocycles. The number of aliphatic imine (C=N–C) groups is 1. The molecule has 1 aliphatic heterocycles. The van der Waals surface area contributed by atoms with E-state index in [0.717, 1.165) is 63.9 Å². The second kappa shape index (κ2) is 15.7. The topological polar surface area (TPSA) is 80.2 Å². The molecule has 0 spiro atoms. The van der Waals surface area contributed by atoms with E-state index in [-0.39, 0.29) is 24.0 Å². The third-order valence-electron chi connectivity index (χ3n) is 4.94. The van der Waals surface area contributed by atoms with E-state index < -0.39 is 0 Å². The molecule has 8 nitrogen and oxygen atoms in total. The Hall–Kier alpha value is -2.11. The van der Waals surface area contributed by atoms with Crippen LogP contribution < -0.4 is 20.1 Å². The zero-order valence-electron chi connectivity index (χ0n) is 19.6. The van der Waals surface area contributed by atoms with E-state index in [1.54, 1.807) is 6.20 Å². The van der Waals surface area contributed by atoms with Crippen LogP contribution in [0, 0.1) is 0 Å². The van der Waals surface area contributed by atoms with Gasteiger partial charge in [-0.25, -0.2) is 9.98 Å². The van der Waals surface area contributed by atoms with Crippen molar-refractivity contribution in [2.45, 2.75) is 26.8 Å².